The summed E-state index contributed by atoms with van der Waals surface area (Å²) in [4.78, 5) is 26.1. The maximum atomic E-state index is 13.1. The number of hydrogen-bond donors (Lipinski definition) is 3. The molecule has 2 rings (SSSR count). The van der Waals surface area contributed by atoms with Gasteiger partial charge in [0.1, 0.15) is 11.5 Å². The first kappa shape index (κ1) is 14.0. The van der Waals surface area contributed by atoms with Gasteiger partial charge >= 0.3 is 0 Å². The first-order chi connectivity index (χ1) is 9.45. The smallest absolute Gasteiger partial charge is 0.286 e. The Kier molecular flexibility index (Phi) is 4.02. The first-order valence-electron chi connectivity index (χ1n) is 6.33. The second kappa shape index (κ2) is 5.73. The number of hydrazine groups is 1. The highest BCUT2D eigenvalue weighted by Gasteiger charge is 2.11. The van der Waals surface area contributed by atoms with Gasteiger partial charge in [-0.2, -0.15) is 0 Å². The SMILES string of the molecule is CC(C)CC(=O)NNC(=O)c1cc2cc(F)ccc2[nH]1. The van der Waals surface area contributed by atoms with Gasteiger partial charge in [-0.15, -0.1) is 0 Å². The van der Waals surface area contributed by atoms with Crippen molar-refractivity contribution in [2.24, 2.45) is 5.92 Å². The molecule has 5 nitrogen and oxygen atoms in total. The van der Waals surface area contributed by atoms with E-state index in [0.717, 1.165) is 0 Å². The van der Waals surface area contributed by atoms with Crippen molar-refractivity contribution in [3.05, 3.63) is 35.8 Å². The van der Waals surface area contributed by atoms with E-state index in [0.29, 0.717) is 17.3 Å². The molecule has 1 heterocycles. The van der Waals surface area contributed by atoms with Gasteiger partial charge in [-0.05, 0) is 30.2 Å². The largest absolute Gasteiger partial charge is 0.350 e. The van der Waals surface area contributed by atoms with Crippen LogP contribution < -0.4 is 10.9 Å². The minimum atomic E-state index is -0.473. The molecule has 2 aromatic rings. The number of nitrogens with one attached hydrogen (secondary N) is 3. The van der Waals surface area contributed by atoms with Crippen LogP contribution in [0.5, 0.6) is 0 Å². The number of benzene rings is 1. The number of amides is 2. The highest BCUT2D eigenvalue weighted by molar-refractivity contribution is 5.98. The highest BCUT2D eigenvalue weighted by Crippen LogP contribution is 2.16. The number of rotatable bonds is 3. The van der Waals surface area contributed by atoms with Gasteiger partial charge in [0.25, 0.3) is 5.91 Å². The van der Waals surface area contributed by atoms with Gasteiger partial charge < -0.3 is 4.98 Å². The van der Waals surface area contributed by atoms with Crippen LogP contribution in [-0.4, -0.2) is 16.8 Å². The summed E-state index contributed by atoms with van der Waals surface area (Å²) in [6.45, 7) is 3.82. The Bertz CT molecular complexity index is 649. The van der Waals surface area contributed by atoms with E-state index < -0.39 is 5.91 Å². The molecule has 2 amide bonds. The predicted molar refractivity (Wildman–Crippen MR) is 73.3 cm³/mol. The minimum Gasteiger partial charge on any atom is -0.350 e. The third-order valence-corrected chi connectivity index (χ3v) is 2.74. The second-order valence-electron chi connectivity index (χ2n) is 5.01. The number of H-pyrrole nitrogens is 1. The standard InChI is InChI=1S/C14H16FN3O2/c1-8(2)5-13(19)17-18-14(20)12-7-9-6-10(15)3-4-11(9)16-12/h3-4,6-8,16H,5H2,1-2H3,(H,17,19)(H,18,20). The summed E-state index contributed by atoms with van der Waals surface area (Å²) in [5, 5.41) is 0.601. The Labute approximate surface area is 115 Å². The molecule has 0 saturated carbocycles. The number of halogens is 1. The van der Waals surface area contributed by atoms with E-state index in [4.69, 9.17) is 0 Å². The monoisotopic (exact) mass is 277 g/mol. The molecule has 1 aromatic carbocycles. The van der Waals surface area contributed by atoms with E-state index in [1.165, 1.54) is 18.2 Å². The lowest BCUT2D eigenvalue weighted by Gasteiger charge is -2.07. The van der Waals surface area contributed by atoms with Gasteiger partial charge in [0, 0.05) is 17.3 Å². The van der Waals surface area contributed by atoms with E-state index in [9.17, 15) is 14.0 Å². The maximum absolute atomic E-state index is 13.1. The molecular formula is C14H16FN3O2. The average Bonchev–Trinajstić information content (AvgIpc) is 2.78. The summed E-state index contributed by atoms with van der Waals surface area (Å²) >= 11 is 0. The zero-order valence-electron chi connectivity index (χ0n) is 11.3. The van der Waals surface area contributed by atoms with Crippen LogP contribution in [0.3, 0.4) is 0 Å². The van der Waals surface area contributed by atoms with Gasteiger partial charge in [-0.25, -0.2) is 4.39 Å². The molecule has 6 heteroatoms. The highest BCUT2D eigenvalue weighted by atomic mass is 19.1. The molecule has 0 fully saturated rings. The van der Waals surface area contributed by atoms with Crippen molar-refractivity contribution in [3.8, 4) is 0 Å². The predicted octanol–water partition coefficient (Wildman–Crippen LogP) is 2.11. The quantitative estimate of drug-likeness (QED) is 0.752. The van der Waals surface area contributed by atoms with Gasteiger partial charge in [-0.1, -0.05) is 13.8 Å². The molecule has 0 spiro atoms. The topological polar surface area (TPSA) is 74.0 Å². The maximum Gasteiger partial charge on any atom is 0.286 e. The van der Waals surface area contributed by atoms with E-state index in [1.807, 2.05) is 13.8 Å². The van der Waals surface area contributed by atoms with Crippen LogP contribution in [0.25, 0.3) is 10.9 Å². The van der Waals surface area contributed by atoms with E-state index in [2.05, 4.69) is 15.8 Å². The lowest BCUT2D eigenvalue weighted by atomic mass is 10.1. The molecule has 1 aromatic heterocycles. The van der Waals surface area contributed by atoms with Crippen LogP contribution in [0.2, 0.25) is 0 Å². The Balaban J connectivity index is 2.02. The third kappa shape index (κ3) is 3.34. The number of aromatic nitrogens is 1. The van der Waals surface area contributed by atoms with Crippen LogP contribution in [0, 0.1) is 11.7 Å². The van der Waals surface area contributed by atoms with Crippen molar-refractivity contribution < 1.29 is 14.0 Å². The van der Waals surface area contributed by atoms with Crippen LogP contribution in [0.15, 0.2) is 24.3 Å². The van der Waals surface area contributed by atoms with Crippen LogP contribution in [0.4, 0.5) is 4.39 Å². The summed E-state index contributed by atoms with van der Waals surface area (Å²) in [7, 11) is 0. The molecule has 0 unspecified atom stereocenters. The summed E-state index contributed by atoms with van der Waals surface area (Å²) in [6.07, 6.45) is 0.332. The lowest BCUT2D eigenvalue weighted by molar-refractivity contribution is -0.122. The van der Waals surface area contributed by atoms with Crippen molar-refractivity contribution in [2.45, 2.75) is 20.3 Å². The Morgan fingerprint density at radius 3 is 2.70 bits per heavy atom. The molecule has 0 bridgehead atoms. The fourth-order valence-corrected chi connectivity index (χ4v) is 1.84. The normalized spacial score (nSPS) is 10.8. The summed E-state index contributed by atoms with van der Waals surface area (Å²) in [5.41, 5.74) is 5.57. The number of aromatic amines is 1. The van der Waals surface area contributed by atoms with Crippen molar-refractivity contribution in [1.82, 2.24) is 15.8 Å². The molecule has 0 radical (unpaired) electrons. The number of carbonyl (C=O) groups is 2. The Morgan fingerprint density at radius 1 is 1.25 bits per heavy atom. The van der Waals surface area contributed by atoms with Gasteiger partial charge in [0.15, 0.2) is 0 Å². The van der Waals surface area contributed by atoms with E-state index in [1.54, 1.807) is 6.07 Å². The zero-order chi connectivity index (χ0) is 14.7. The number of hydrogen-bond acceptors (Lipinski definition) is 2. The fraction of sp³-hybridized carbons (Fsp3) is 0.286. The van der Waals surface area contributed by atoms with Gasteiger partial charge in [0.05, 0.1) is 0 Å². The molecule has 0 aliphatic rings. The lowest BCUT2D eigenvalue weighted by Crippen LogP contribution is -2.42. The zero-order valence-corrected chi connectivity index (χ0v) is 11.3. The second-order valence-corrected chi connectivity index (χ2v) is 5.01. The van der Waals surface area contributed by atoms with Crippen molar-refractivity contribution in [2.75, 3.05) is 0 Å². The summed E-state index contributed by atoms with van der Waals surface area (Å²) in [6, 6.07) is 5.73. The Hall–Kier alpha value is -2.37. The molecule has 0 aliphatic carbocycles. The molecule has 3 N–H and O–H groups in total. The Morgan fingerprint density at radius 2 is 2.00 bits per heavy atom. The molecule has 20 heavy (non-hydrogen) atoms. The molecule has 0 atom stereocenters. The average molecular weight is 277 g/mol. The van der Waals surface area contributed by atoms with Crippen LogP contribution >= 0.6 is 0 Å². The van der Waals surface area contributed by atoms with Gasteiger partial charge in [0.2, 0.25) is 5.91 Å². The van der Waals surface area contributed by atoms with E-state index in [-0.39, 0.29) is 23.3 Å². The third-order valence-electron chi connectivity index (χ3n) is 2.74. The number of carbonyl (C=O) groups excluding carboxylic acids is 2. The summed E-state index contributed by atoms with van der Waals surface area (Å²) < 4.78 is 13.1. The minimum absolute atomic E-state index is 0.211. The van der Waals surface area contributed by atoms with Gasteiger partial charge in [-0.3, -0.25) is 20.4 Å². The van der Waals surface area contributed by atoms with Crippen molar-refractivity contribution in [1.29, 1.82) is 0 Å². The van der Waals surface area contributed by atoms with Crippen LogP contribution in [0.1, 0.15) is 30.8 Å². The number of fused-ring (bicyclic) bond motifs is 1. The summed E-state index contributed by atoms with van der Waals surface area (Å²) in [5.74, 6) is -0.883. The first-order valence-corrected chi connectivity index (χ1v) is 6.33. The molecular weight excluding hydrogens is 261 g/mol. The molecule has 0 aliphatic heterocycles. The van der Waals surface area contributed by atoms with Crippen molar-refractivity contribution >= 4 is 22.7 Å². The molecule has 0 saturated heterocycles. The van der Waals surface area contributed by atoms with E-state index >= 15 is 0 Å². The van der Waals surface area contributed by atoms with Crippen LogP contribution in [-0.2, 0) is 4.79 Å². The fourth-order valence-electron chi connectivity index (χ4n) is 1.84. The van der Waals surface area contributed by atoms with Crippen molar-refractivity contribution in [3.63, 3.8) is 0 Å². The molecule has 106 valence electrons.